The largest absolute Gasteiger partial charge is 0.497 e. The lowest BCUT2D eigenvalue weighted by molar-refractivity contribution is 0.413. The number of hydrogen-bond donors (Lipinski definition) is 0. The monoisotopic (exact) mass is 445 g/mol. The van der Waals surface area contributed by atoms with E-state index in [-0.39, 0.29) is 6.04 Å². The third kappa shape index (κ3) is 3.25. The Balaban J connectivity index is 1.62. The van der Waals surface area contributed by atoms with Gasteiger partial charge < -0.3 is 9.47 Å². The number of hydrogen-bond acceptors (Lipinski definition) is 4. The van der Waals surface area contributed by atoms with E-state index in [9.17, 15) is 0 Å². The zero-order valence-corrected chi connectivity index (χ0v) is 19.0. The minimum atomic E-state index is -0.207. The number of nitrogens with zero attached hydrogens (tertiary/aromatic N) is 3. The van der Waals surface area contributed by atoms with Crippen molar-refractivity contribution in [3.8, 4) is 11.5 Å². The molecule has 0 radical (unpaired) electrons. The average molecular weight is 446 g/mol. The normalized spacial score (nSPS) is 11.5. The molecule has 0 fully saturated rings. The van der Waals surface area contributed by atoms with E-state index in [1.165, 1.54) is 10.8 Å². The van der Waals surface area contributed by atoms with E-state index in [1.807, 2.05) is 29.1 Å². The molecule has 0 saturated carbocycles. The smallest absolute Gasteiger partial charge is 0.122 e. The molecular weight excluding hydrogens is 422 g/mol. The molecule has 0 unspecified atom stereocenters. The van der Waals surface area contributed by atoms with Crippen LogP contribution < -0.4 is 9.47 Å². The predicted molar refractivity (Wildman–Crippen MR) is 136 cm³/mol. The molecule has 0 aliphatic carbocycles. The van der Waals surface area contributed by atoms with Crippen molar-refractivity contribution < 1.29 is 9.47 Å². The van der Waals surface area contributed by atoms with Crippen LogP contribution in [0.1, 0.15) is 17.2 Å². The van der Waals surface area contributed by atoms with Crippen LogP contribution in [-0.2, 0) is 0 Å². The molecule has 0 amide bonds. The van der Waals surface area contributed by atoms with Gasteiger partial charge in [0.2, 0.25) is 0 Å². The molecule has 0 spiro atoms. The molecule has 0 atom stereocenters. The molecule has 166 valence electrons. The number of aromatic nitrogens is 3. The number of methoxy groups -OCH3 is 2. The summed E-state index contributed by atoms with van der Waals surface area (Å²) in [6.07, 6.45) is 0. The molecule has 0 N–H and O–H groups in total. The van der Waals surface area contributed by atoms with E-state index < -0.39 is 0 Å². The zero-order valence-electron chi connectivity index (χ0n) is 19.0. The highest BCUT2D eigenvalue weighted by Gasteiger charge is 2.22. The van der Waals surface area contributed by atoms with Gasteiger partial charge in [-0.2, -0.15) is 15.0 Å². The molecule has 5 aromatic carbocycles. The Bertz CT molecular complexity index is 1500. The van der Waals surface area contributed by atoms with Gasteiger partial charge in [0.25, 0.3) is 0 Å². The summed E-state index contributed by atoms with van der Waals surface area (Å²) in [5.41, 5.74) is 3.95. The van der Waals surface area contributed by atoms with Crippen LogP contribution in [-0.4, -0.2) is 29.2 Å². The summed E-state index contributed by atoms with van der Waals surface area (Å²) >= 11 is 0. The third-order valence-corrected chi connectivity index (χ3v) is 6.38. The van der Waals surface area contributed by atoms with Crippen LogP contribution in [0.5, 0.6) is 11.5 Å². The molecule has 6 aromatic rings. The van der Waals surface area contributed by atoms with Crippen molar-refractivity contribution >= 4 is 32.6 Å². The Morgan fingerprint density at radius 3 is 1.29 bits per heavy atom. The Morgan fingerprint density at radius 2 is 0.912 bits per heavy atom. The van der Waals surface area contributed by atoms with Gasteiger partial charge in [-0.1, -0.05) is 72.8 Å². The van der Waals surface area contributed by atoms with Crippen molar-refractivity contribution in [2.75, 3.05) is 14.2 Å². The van der Waals surface area contributed by atoms with Gasteiger partial charge in [0.1, 0.15) is 28.6 Å². The Labute approximate surface area is 197 Å². The molecular formula is C29H23N3O2. The number of benzene rings is 5. The summed E-state index contributed by atoms with van der Waals surface area (Å²) in [4.78, 5) is 1.84. The van der Waals surface area contributed by atoms with Crippen LogP contribution in [0.3, 0.4) is 0 Å². The SMILES string of the molecule is COc1ccc(C(c2ccc(OC)cc2)n2nc3c4ccccc4c4ccccc4c3n2)cc1. The van der Waals surface area contributed by atoms with Crippen molar-refractivity contribution in [1.82, 2.24) is 15.0 Å². The fourth-order valence-electron chi connectivity index (χ4n) is 4.68. The van der Waals surface area contributed by atoms with E-state index in [0.717, 1.165) is 44.4 Å². The first-order valence-corrected chi connectivity index (χ1v) is 11.2. The standard InChI is InChI=1S/C29H23N3O2/c1-33-21-15-11-19(12-16-21)29(20-13-17-22(34-2)18-14-20)32-30-27-25-9-5-3-7-23(25)24-8-4-6-10-26(24)28(27)31-32/h3-18,29H,1-2H3. The molecule has 1 aromatic heterocycles. The van der Waals surface area contributed by atoms with E-state index in [0.29, 0.717) is 0 Å². The Hall–Kier alpha value is -4.38. The van der Waals surface area contributed by atoms with Crippen LogP contribution in [0.2, 0.25) is 0 Å². The fourth-order valence-corrected chi connectivity index (χ4v) is 4.68. The fraction of sp³-hybridized carbons (Fsp3) is 0.103. The van der Waals surface area contributed by atoms with Gasteiger partial charge in [-0.25, -0.2) is 0 Å². The summed E-state index contributed by atoms with van der Waals surface area (Å²) in [5, 5.41) is 14.7. The van der Waals surface area contributed by atoms with Gasteiger partial charge in [-0.05, 0) is 46.2 Å². The van der Waals surface area contributed by atoms with Crippen molar-refractivity contribution in [1.29, 1.82) is 0 Å². The van der Waals surface area contributed by atoms with Crippen LogP contribution >= 0.6 is 0 Å². The van der Waals surface area contributed by atoms with Gasteiger partial charge in [0, 0.05) is 10.8 Å². The highest BCUT2D eigenvalue weighted by molar-refractivity contribution is 6.22. The van der Waals surface area contributed by atoms with Crippen molar-refractivity contribution in [2.45, 2.75) is 6.04 Å². The molecule has 34 heavy (non-hydrogen) atoms. The summed E-state index contributed by atoms with van der Waals surface area (Å²) in [5.74, 6) is 1.63. The second-order valence-electron chi connectivity index (χ2n) is 8.26. The maximum atomic E-state index is 5.38. The third-order valence-electron chi connectivity index (χ3n) is 6.38. The number of rotatable bonds is 5. The van der Waals surface area contributed by atoms with Crippen molar-refractivity contribution in [2.24, 2.45) is 0 Å². The van der Waals surface area contributed by atoms with E-state index in [4.69, 9.17) is 19.7 Å². The average Bonchev–Trinajstić information content (AvgIpc) is 3.35. The highest BCUT2D eigenvalue weighted by Crippen LogP contribution is 2.35. The minimum absolute atomic E-state index is 0.207. The van der Waals surface area contributed by atoms with Crippen LogP contribution in [0.15, 0.2) is 97.1 Å². The second-order valence-corrected chi connectivity index (χ2v) is 8.26. The molecule has 0 aliphatic heterocycles. The maximum absolute atomic E-state index is 5.38. The first kappa shape index (κ1) is 20.2. The molecule has 5 nitrogen and oxygen atoms in total. The Morgan fingerprint density at radius 1 is 0.529 bits per heavy atom. The molecule has 0 aliphatic rings. The van der Waals surface area contributed by atoms with Crippen LogP contribution in [0.4, 0.5) is 0 Å². The van der Waals surface area contributed by atoms with Crippen LogP contribution in [0.25, 0.3) is 32.6 Å². The van der Waals surface area contributed by atoms with E-state index in [2.05, 4.69) is 72.8 Å². The van der Waals surface area contributed by atoms with Gasteiger partial charge in [-0.15, -0.1) is 0 Å². The van der Waals surface area contributed by atoms with Crippen LogP contribution in [0, 0.1) is 0 Å². The van der Waals surface area contributed by atoms with Gasteiger partial charge in [0.05, 0.1) is 14.2 Å². The summed E-state index contributed by atoms with van der Waals surface area (Å²) < 4.78 is 10.8. The van der Waals surface area contributed by atoms with Gasteiger partial charge in [-0.3, -0.25) is 0 Å². The lowest BCUT2D eigenvalue weighted by Gasteiger charge is -2.18. The van der Waals surface area contributed by atoms with Crippen molar-refractivity contribution in [3.63, 3.8) is 0 Å². The predicted octanol–water partition coefficient (Wildman–Crippen LogP) is 6.39. The zero-order chi connectivity index (χ0) is 23.1. The minimum Gasteiger partial charge on any atom is -0.497 e. The number of ether oxygens (including phenoxy) is 2. The molecule has 5 heteroatoms. The lowest BCUT2D eigenvalue weighted by Crippen LogP contribution is -2.15. The Kier molecular flexibility index (Phi) is 4.88. The maximum Gasteiger partial charge on any atom is 0.122 e. The van der Waals surface area contributed by atoms with Gasteiger partial charge in [0.15, 0.2) is 0 Å². The topological polar surface area (TPSA) is 49.2 Å². The molecule has 6 rings (SSSR count). The summed E-state index contributed by atoms with van der Waals surface area (Å²) in [6.45, 7) is 0. The first-order chi connectivity index (χ1) is 16.8. The molecule has 0 saturated heterocycles. The quantitative estimate of drug-likeness (QED) is 0.288. The second kappa shape index (κ2) is 8.19. The summed E-state index contributed by atoms with van der Waals surface area (Å²) in [7, 11) is 3.35. The summed E-state index contributed by atoms with van der Waals surface area (Å²) in [6, 6.07) is 32.8. The lowest BCUT2D eigenvalue weighted by atomic mass is 9.99. The van der Waals surface area contributed by atoms with Crippen molar-refractivity contribution in [3.05, 3.63) is 108 Å². The van der Waals surface area contributed by atoms with E-state index in [1.54, 1.807) is 14.2 Å². The first-order valence-electron chi connectivity index (χ1n) is 11.2. The highest BCUT2D eigenvalue weighted by atomic mass is 16.5. The van der Waals surface area contributed by atoms with Gasteiger partial charge >= 0.3 is 0 Å². The van der Waals surface area contributed by atoms with E-state index >= 15 is 0 Å². The number of fused-ring (bicyclic) bond motifs is 6. The molecule has 0 bridgehead atoms. The molecule has 1 heterocycles.